The van der Waals surface area contributed by atoms with Crippen LogP contribution in [0.25, 0.3) is 0 Å². The molecule has 8 heteroatoms. The van der Waals surface area contributed by atoms with E-state index in [1.165, 1.54) is 0 Å². The zero-order valence-corrected chi connectivity index (χ0v) is 16.3. The van der Waals surface area contributed by atoms with Crippen LogP contribution in [0.4, 0.5) is 0 Å². The highest BCUT2D eigenvalue weighted by Gasteiger charge is 2.51. The Morgan fingerprint density at radius 3 is 1.29 bits per heavy atom. The molecular weight excluding hydrogens is 399 g/mol. The van der Waals surface area contributed by atoms with E-state index in [9.17, 15) is 19.8 Å². The molecule has 0 amide bonds. The number of carbonyl (C=O) groups is 2. The summed E-state index contributed by atoms with van der Waals surface area (Å²) in [4.78, 5) is 24.3. The Labute approximate surface area is 179 Å². The van der Waals surface area contributed by atoms with Crippen LogP contribution in [-0.2, 0) is 29.2 Å². The van der Waals surface area contributed by atoms with Gasteiger partial charge in [0.1, 0.15) is 5.60 Å². The van der Waals surface area contributed by atoms with Crippen molar-refractivity contribution in [3.8, 4) is 0 Å². The Kier molecular flexibility index (Phi) is 5.86. The zero-order chi connectivity index (χ0) is 21.8. The van der Waals surface area contributed by atoms with Gasteiger partial charge in [-0.25, -0.2) is 0 Å². The van der Waals surface area contributed by atoms with Gasteiger partial charge < -0.3 is 24.2 Å². The summed E-state index contributed by atoms with van der Waals surface area (Å²) in [6.45, 7) is 0. The van der Waals surface area contributed by atoms with Crippen molar-refractivity contribution < 1.29 is 33.8 Å². The first-order chi connectivity index (χ1) is 15.0. The summed E-state index contributed by atoms with van der Waals surface area (Å²) in [7, 11) is -1.81. The van der Waals surface area contributed by atoms with E-state index < -0.39 is 37.1 Å². The number of hydrogen-bond donors (Lipinski definition) is 2. The van der Waals surface area contributed by atoms with Crippen LogP contribution in [-0.4, -0.2) is 41.7 Å². The molecule has 2 N–H and O–H groups in total. The van der Waals surface area contributed by atoms with Crippen LogP contribution in [0, 0.1) is 0 Å². The standard InChI is InChI=1S/C23H19BO7/c25-19-20(26)22(28)30-24(29-21(19)27)31-23(16-10-4-1-5-11-16,17-12-6-2-7-13-17)18-14-8-3-9-15-18/h1-15,19-20,25-26H. The molecule has 0 saturated carbocycles. The predicted octanol–water partition coefficient (Wildman–Crippen LogP) is 1.80. The zero-order valence-electron chi connectivity index (χ0n) is 16.3. The Balaban J connectivity index is 1.88. The molecule has 1 fully saturated rings. The minimum atomic E-state index is -2.07. The quantitative estimate of drug-likeness (QED) is 0.481. The van der Waals surface area contributed by atoms with Gasteiger partial charge >= 0.3 is 19.3 Å². The lowest BCUT2D eigenvalue weighted by Gasteiger charge is -2.36. The third-order valence-corrected chi connectivity index (χ3v) is 5.02. The monoisotopic (exact) mass is 418 g/mol. The van der Waals surface area contributed by atoms with Crippen molar-refractivity contribution in [2.45, 2.75) is 17.8 Å². The first kappa shape index (κ1) is 20.8. The molecule has 4 rings (SSSR count). The molecule has 0 spiro atoms. The van der Waals surface area contributed by atoms with Gasteiger partial charge in [0.15, 0.2) is 12.2 Å². The maximum absolute atomic E-state index is 12.1. The van der Waals surface area contributed by atoms with Crippen LogP contribution in [0.1, 0.15) is 16.7 Å². The minimum Gasteiger partial charge on any atom is -0.472 e. The van der Waals surface area contributed by atoms with E-state index in [1.54, 1.807) is 0 Å². The number of rotatable bonds is 5. The summed E-state index contributed by atoms with van der Waals surface area (Å²) in [5.41, 5.74) is 0.717. The van der Waals surface area contributed by atoms with Crippen molar-refractivity contribution >= 4 is 19.3 Å². The topological polar surface area (TPSA) is 102 Å². The first-order valence-electron chi connectivity index (χ1n) is 9.64. The predicted molar refractivity (Wildman–Crippen MR) is 110 cm³/mol. The van der Waals surface area contributed by atoms with Gasteiger partial charge in [-0.15, -0.1) is 0 Å². The molecule has 0 aromatic heterocycles. The van der Waals surface area contributed by atoms with Gasteiger partial charge in [-0.1, -0.05) is 91.0 Å². The van der Waals surface area contributed by atoms with Crippen molar-refractivity contribution in [1.29, 1.82) is 0 Å². The molecular formula is C23H19BO7. The molecule has 7 nitrogen and oxygen atoms in total. The van der Waals surface area contributed by atoms with Gasteiger partial charge in [-0.2, -0.15) is 0 Å². The number of hydrogen-bond acceptors (Lipinski definition) is 7. The van der Waals surface area contributed by atoms with Crippen molar-refractivity contribution in [1.82, 2.24) is 0 Å². The second-order valence-corrected chi connectivity index (χ2v) is 6.95. The van der Waals surface area contributed by atoms with Gasteiger partial charge in [0, 0.05) is 0 Å². The molecule has 3 aromatic rings. The largest absolute Gasteiger partial charge is 0.793 e. The lowest BCUT2D eigenvalue weighted by Crippen LogP contribution is -2.43. The highest BCUT2D eigenvalue weighted by molar-refractivity contribution is 6.43. The number of aliphatic hydroxyl groups is 2. The Bertz CT molecular complexity index is 925. The normalized spacial score (nSPS) is 19.4. The fourth-order valence-electron chi connectivity index (χ4n) is 3.53. The molecule has 1 aliphatic rings. The summed E-state index contributed by atoms with van der Waals surface area (Å²) < 4.78 is 16.4. The molecule has 2 atom stereocenters. The average molecular weight is 418 g/mol. The van der Waals surface area contributed by atoms with E-state index in [0.29, 0.717) is 16.7 Å². The second-order valence-electron chi connectivity index (χ2n) is 6.95. The lowest BCUT2D eigenvalue weighted by molar-refractivity contribution is -0.156. The third kappa shape index (κ3) is 3.96. The van der Waals surface area contributed by atoms with Crippen molar-refractivity contribution in [3.63, 3.8) is 0 Å². The molecule has 0 radical (unpaired) electrons. The van der Waals surface area contributed by atoms with Crippen LogP contribution in [0.5, 0.6) is 0 Å². The van der Waals surface area contributed by atoms with Crippen molar-refractivity contribution in [2.75, 3.05) is 0 Å². The van der Waals surface area contributed by atoms with E-state index in [-0.39, 0.29) is 0 Å². The van der Waals surface area contributed by atoms with Crippen LogP contribution < -0.4 is 0 Å². The van der Waals surface area contributed by atoms with Crippen LogP contribution >= 0.6 is 0 Å². The van der Waals surface area contributed by atoms with Crippen LogP contribution in [0.3, 0.4) is 0 Å². The van der Waals surface area contributed by atoms with Gasteiger partial charge in [0.25, 0.3) is 0 Å². The maximum atomic E-state index is 12.1. The number of benzene rings is 3. The SMILES string of the molecule is O=C1OB(OC(c2ccccc2)(c2ccccc2)c2ccccc2)OC(=O)C(O)C1O. The van der Waals surface area contributed by atoms with Gasteiger partial charge in [-0.3, -0.25) is 9.59 Å². The summed E-state index contributed by atoms with van der Waals surface area (Å²) in [6.07, 6.45) is -4.14. The van der Waals surface area contributed by atoms with Crippen LogP contribution in [0.15, 0.2) is 91.0 Å². The smallest absolute Gasteiger partial charge is 0.472 e. The molecule has 1 saturated heterocycles. The van der Waals surface area contributed by atoms with Crippen molar-refractivity contribution in [2.24, 2.45) is 0 Å². The Morgan fingerprint density at radius 2 is 0.968 bits per heavy atom. The lowest BCUT2D eigenvalue weighted by atomic mass is 9.79. The maximum Gasteiger partial charge on any atom is 0.793 e. The fourth-order valence-corrected chi connectivity index (χ4v) is 3.53. The Morgan fingerprint density at radius 1 is 0.645 bits per heavy atom. The summed E-state index contributed by atoms with van der Waals surface area (Å²) in [6, 6.07) is 27.6. The van der Waals surface area contributed by atoms with E-state index in [2.05, 4.69) is 0 Å². The summed E-state index contributed by atoms with van der Waals surface area (Å²) in [5, 5.41) is 19.6. The van der Waals surface area contributed by atoms with Crippen molar-refractivity contribution in [3.05, 3.63) is 108 Å². The van der Waals surface area contributed by atoms with E-state index in [0.717, 1.165) is 0 Å². The summed E-state index contributed by atoms with van der Waals surface area (Å²) >= 11 is 0. The molecule has 1 aliphatic heterocycles. The molecule has 3 aromatic carbocycles. The minimum absolute atomic E-state index is 0.685. The Hall–Kier alpha value is -3.46. The van der Waals surface area contributed by atoms with Gasteiger partial charge in [0.05, 0.1) is 0 Å². The summed E-state index contributed by atoms with van der Waals surface area (Å²) in [5.74, 6) is -2.46. The molecule has 0 bridgehead atoms. The fraction of sp³-hybridized carbons (Fsp3) is 0.130. The van der Waals surface area contributed by atoms with E-state index in [4.69, 9.17) is 14.0 Å². The average Bonchev–Trinajstić information content (AvgIpc) is 2.91. The highest BCUT2D eigenvalue weighted by Crippen LogP contribution is 2.41. The number of carbonyl (C=O) groups excluding carboxylic acids is 2. The van der Waals surface area contributed by atoms with E-state index in [1.807, 2.05) is 91.0 Å². The van der Waals surface area contributed by atoms with Crippen LogP contribution in [0.2, 0.25) is 0 Å². The van der Waals surface area contributed by atoms with E-state index >= 15 is 0 Å². The molecule has 2 unspecified atom stereocenters. The first-order valence-corrected chi connectivity index (χ1v) is 9.64. The third-order valence-electron chi connectivity index (χ3n) is 5.02. The molecule has 156 valence electrons. The van der Waals surface area contributed by atoms with Gasteiger partial charge in [0.2, 0.25) is 0 Å². The molecule has 31 heavy (non-hydrogen) atoms. The second kappa shape index (κ2) is 8.73. The number of aliphatic hydroxyl groups excluding tert-OH is 2. The van der Waals surface area contributed by atoms with Gasteiger partial charge in [-0.05, 0) is 16.7 Å². The highest BCUT2D eigenvalue weighted by atomic mass is 16.8. The molecule has 0 aliphatic carbocycles. The molecule has 1 heterocycles.